The molecule has 0 amide bonds. The summed E-state index contributed by atoms with van der Waals surface area (Å²) in [6, 6.07) is 7.42. The van der Waals surface area contributed by atoms with Gasteiger partial charge in [0, 0.05) is 24.4 Å². The van der Waals surface area contributed by atoms with Gasteiger partial charge in [-0.25, -0.2) is 18.4 Å². The number of carbonyl (C=O) groups excluding carboxylic acids is 1. The number of sulfonamides is 1. The molecule has 0 fully saturated rings. The number of Topliss-reactive ketones (excluding diaryl/α,β-unsaturated/α-hetero) is 1. The van der Waals surface area contributed by atoms with Crippen LogP contribution in [-0.4, -0.2) is 28.7 Å². The monoisotopic (exact) mass is 390 g/mol. The number of nitrogens with zero attached hydrogens (tertiary/aromatic N) is 3. The van der Waals surface area contributed by atoms with Crippen molar-refractivity contribution in [2.45, 2.75) is 18.2 Å². The van der Waals surface area contributed by atoms with Crippen LogP contribution in [-0.2, 0) is 10.0 Å². The first-order chi connectivity index (χ1) is 12.4. The van der Waals surface area contributed by atoms with Gasteiger partial charge in [0.2, 0.25) is 0 Å². The quantitative estimate of drug-likeness (QED) is 0.651. The molecule has 9 heteroatoms. The van der Waals surface area contributed by atoms with E-state index in [-0.39, 0.29) is 27.8 Å². The van der Waals surface area contributed by atoms with Gasteiger partial charge in [-0.3, -0.25) is 14.1 Å². The van der Waals surface area contributed by atoms with Gasteiger partial charge in [-0.1, -0.05) is 18.5 Å². The van der Waals surface area contributed by atoms with Crippen molar-refractivity contribution in [3.05, 3.63) is 65.8 Å². The predicted octanol–water partition coefficient (Wildman–Crippen LogP) is 3.31. The van der Waals surface area contributed by atoms with E-state index in [1.54, 1.807) is 42.3 Å². The predicted molar refractivity (Wildman–Crippen MR) is 98.2 cm³/mol. The SMILES string of the molecule is CCC(=O)c1ccc(Cl)c(S(=O)(=O)Nc2ccc(-n3ccnc3)nc2)c1. The topological polar surface area (TPSA) is 94.0 Å². The third-order valence-electron chi connectivity index (χ3n) is 3.63. The van der Waals surface area contributed by atoms with Crippen molar-refractivity contribution >= 4 is 33.1 Å². The third-order valence-corrected chi connectivity index (χ3v) is 5.50. The highest BCUT2D eigenvalue weighted by Crippen LogP contribution is 2.25. The van der Waals surface area contributed by atoms with Crippen molar-refractivity contribution in [3.8, 4) is 5.82 Å². The Bertz CT molecular complexity index is 1030. The molecule has 2 heterocycles. The molecule has 0 atom stereocenters. The lowest BCUT2D eigenvalue weighted by atomic mass is 10.1. The van der Waals surface area contributed by atoms with Gasteiger partial charge in [0.25, 0.3) is 10.0 Å². The number of ketones is 1. The molecule has 0 bridgehead atoms. The van der Waals surface area contributed by atoms with Crippen LogP contribution in [0.4, 0.5) is 5.69 Å². The number of rotatable bonds is 6. The Hall–Kier alpha value is -2.71. The van der Waals surface area contributed by atoms with Gasteiger partial charge in [-0.2, -0.15) is 0 Å². The lowest BCUT2D eigenvalue weighted by Gasteiger charge is -2.11. The number of halogens is 1. The first-order valence-electron chi connectivity index (χ1n) is 7.70. The molecule has 0 saturated heterocycles. The summed E-state index contributed by atoms with van der Waals surface area (Å²) in [6.07, 6.45) is 6.59. The second kappa shape index (κ2) is 7.27. The Morgan fingerprint density at radius 3 is 2.69 bits per heavy atom. The minimum absolute atomic E-state index is 0.0353. The number of pyridine rings is 1. The van der Waals surface area contributed by atoms with E-state index in [0.717, 1.165) is 0 Å². The van der Waals surface area contributed by atoms with E-state index in [4.69, 9.17) is 11.6 Å². The van der Waals surface area contributed by atoms with Crippen LogP contribution in [0.15, 0.2) is 60.1 Å². The average Bonchev–Trinajstić information content (AvgIpc) is 3.16. The molecule has 0 saturated carbocycles. The van der Waals surface area contributed by atoms with E-state index in [1.165, 1.54) is 24.4 Å². The molecule has 1 aromatic carbocycles. The van der Waals surface area contributed by atoms with Gasteiger partial charge >= 0.3 is 0 Å². The minimum Gasteiger partial charge on any atom is -0.294 e. The molecule has 134 valence electrons. The highest BCUT2D eigenvalue weighted by molar-refractivity contribution is 7.92. The van der Waals surface area contributed by atoms with Gasteiger partial charge in [-0.15, -0.1) is 0 Å². The summed E-state index contributed by atoms with van der Waals surface area (Å²) in [7, 11) is -3.97. The Labute approximate surface area is 155 Å². The van der Waals surface area contributed by atoms with Gasteiger partial charge in [0.05, 0.1) is 16.9 Å². The number of carbonyl (C=O) groups is 1. The summed E-state index contributed by atoms with van der Waals surface area (Å²) >= 11 is 6.03. The summed E-state index contributed by atoms with van der Waals surface area (Å²) in [5.41, 5.74) is 0.572. The largest absolute Gasteiger partial charge is 0.294 e. The van der Waals surface area contributed by atoms with E-state index >= 15 is 0 Å². The summed E-state index contributed by atoms with van der Waals surface area (Å²) in [5.74, 6) is 0.434. The standard InChI is InChI=1S/C17H15ClN4O3S/c1-2-15(23)12-3-5-14(18)16(9-12)26(24,25)21-13-4-6-17(20-10-13)22-8-7-19-11-22/h3-11,21H,2H2,1H3. The van der Waals surface area contributed by atoms with Crippen LogP contribution < -0.4 is 4.72 Å². The van der Waals surface area contributed by atoms with Crippen molar-refractivity contribution in [2.24, 2.45) is 0 Å². The minimum atomic E-state index is -3.97. The molecule has 0 radical (unpaired) electrons. The van der Waals surface area contributed by atoms with E-state index < -0.39 is 10.0 Å². The molecule has 3 rings (SSSR count). The van der Waals surface area contributed by atoms with E-state index in [9.17, 15) is 13.2 Å². The van der Waals surface area contributed by atoms with E-state index in [1.807, 2.05) is 0 Å². The second-order valence-electron chi connectivity index (χ2n) is 5.40. The summed E-state index contributed by atoms with van der Waals surface area (Å²) in [6.45, 7) is 1.71. The first-order valence-corrected chi connectivity index (χ1v) is 9.57. The Morgan fingerprint density at radius 1 is 1.27 bits per heavy atom. The van der Waals surface area contributed by atoms with Crippen LogP contribution in [0, 0.1) is 0 Å². The zero-order valence-electron chi connectivity index (χ0n) is 13.8. The Balaban J connectivity index is 1.88. The molecule has 0 aliphatic carbocycles. The highest BCUT2D eigenvalue weighted by atomic mass is 35.5. The first kappa shape index (κ1) is 18.1. The molecule has 7 nitrogen and oxygen atoms in total. The molecule has 0 spiro atoms. The normalized spacial score (nSPS) is 11.3. The molecular formula is C17H15ClN4O3S. The van der Waals surface area contributed by atoms with Crippen LogP contribution in [0.5, 0.6) is 0 Å². The highest BCUT2D eigenvalue weighted by Gasteiger charge is 2.20. The molecule has 1 N–H and O–H groups in total. The van der Waals surface area contributed by atoms with Gasteiger partial charge in [0.15, 0.2) is 5.78 Å². The van der Waals surface area contributed by atoms with Crippen LogP contribution in [0.2, 0.25) is 5.02 Å². The molecule has 0 aliphatic rings. The van der Waals surface area contributed by atoms with Crippen molar-refractivity contribution in [1.82, 2.24) is 14.5 Å². The number of nitrogens with one attached hydrogen (secondary N) is 1. The summed E-state index contributed by atoms with van der Waals surface area (Å²) in [5, 5.41) is 0.0353. The zero-order valence-corrected chi connectivity index (χ0v) is 15.3. The second-order valence-corrected chi connectivity index (χ2v) is 7.46. The fourth-order valence-electron chi connectivity index (χ4n) is 2.29. The molecule has 3 aromatic rings. The number of aromatic nitrogens is 3. The van der Waals surface area contributed by atoms with Crippen LogP contribution in [0.3, 0.4) is 0 Å². The zero-order chi connectivity index (χ0) is 18.7. The van der Waals surface area contributed by atoms with Crippen molar-refractivity contribution in [1.29, 1.82) is 0 Å². The summed E-state index contributed by atoms with van der Waals surface area (Å²) in [4.78, 5) is 19.8. The molecule has 0 unspecified atom stereocenters. The maximum atomic E-state index is 12.6. The number of hydrogen-bond acceptors (Lipinski definition) is 5. The van der Waals surface area contributed by atoms with Crippen LogP contribution in [0.25, 0.3) is 5.82 Å². The smallest absolute Gasteiger partial charge is 0.263 e. The van der Waals surface area contributed by atoms with Crippen molar-refractivity contribution in [3.63, 3.8) is 0 Å². The maximum Gasteiger partial charge on any atom is 0.263 e. The number of anilines is 1. The van der Waals surface area contributed by atoms with Crippen molar-refractivity contribution < 1.29 is 13.2 Å². The van der Waals surface area contributed by atoms with Crippen LogP contribution in [0.1, 0.15) is 23.7 Å². The Kier molecular flexibility index (Phi) is 5.06. The fourth-order valence-corrected chi connectivity index (χ4v) is 3.86. The fraction of sp³-hybridized carbons (Fsp3) is 0.118. The maximum absolute atomic E-state index is 12.6. The van der Waals surface area contributed by atoms with Gasteiger partial charge in [-0.05, 0) is 30.3 Å². The molecule has 2 aromatic heterocycles. The van der Waals surface area contributed by atoms with E-state index in [2.05, 4.69) is 14.7 Å². The van der Waals surface area contributed by atoms with Crippen LogP contribution >= 0.6 is 11.6 Å². The average molecular weight is 391 g/mol. The Morgan fingerprint density at radius 2 is 2.08 bits per heavy atom. The van der Waals surface area contributed by atoms with E-state index in [0.29, 0.717) is 11.4 Å². The summed E-state index contributed by atoms with van der Waals surface area (Å²) < 4.78 is 29.4. The molecule has 26 heavy (non-hydrogen) atoms. The number of imidazole rings is 1. The molecule has 0 aliphatic heterocycles. The lowest BCUT2D eigenvalue weighted by Crippen LogP contribution is -2.14. The third kappa shape index (κ3) is 3.76. The number of benzene rings is 1. The van der Waals surface area contributed by atoms with Crippen molar-refractivity contribution in [2.75, 3.05) is 4.72 Å². The lowest BCUT2D eigenvalue weighted by molar-refractivity contribution is 0.0988. The number of hydrogen-bond donors (Lipinski definition) is 1. The van der Waals surface area contributed by atoms with Gasteiger partial charge < -0.3 is 0 Å². The van der Waals surface area contributed by atoms with Gasteiger partial charge in [0.1, 0.15) is 17.0 Å². The molecular weight excluding hydrogens is 376 g/mol.